The van der Waals surface area contributed by atoms with Gasteiger partial charge >= 0.3 is 5.69 Å². The van der Waals surface area contributed by atoms with E-state index in [1.165, 1.54) is 6.07 Å². The Hall–Kier alpha value is -2.51. The molecule has 2 atom stereocenters. The number of anilines is 1. The van der Waals surface area contributed by atoms with E-state index in [1.54, 1.807) is 19.1 Å². The van der Waals surface area contributed by atoms with Gasteiger partial charge in [-0.3, -0.25) is 14.9 Å². The Bertz CT molecular complexity index is 783. The van der Waals surface area contributed by atoms with E-state index >= 15 is 0 Å². The Balaban J connectivity index is 2.01. The van der Waals surface area contributed by atoms with Gasteiger partial charge in [-0.05, 0) is 38.1 Å². The summed E-state index contributed by atoms with van der Waals surface area (Å²) in [4.78, 5) is 22.2. The highest BCUT2D eigenvalue weighted by atomic mass is 35.5. The van der Waals surface area contributed by atoms with E-state index in [2.05, 4.69) is 5.32 Å². The Morgan fingerprint density at radius 3 is 2.48 bits per heavy atom. The number of benzene rings is 2. The normalized spacial score (nSPS) is 13.1. The van der Waals surface area contributed by atoms with E-state index in [9.17, 15) is 19.3 Å². The Labute approximate surface area is 149 Å². The van der Waals surface area contributed by atoms with Crippen LogP contribution in [-0.4, -0.2) is 16.9 Å². The summed E-state index contributed by atoms with van der Waals surface area (Å²) in [6.07, 6.45) is 0. The molecule has 0 unspecified atom stereocenters. The second-order valence-corrected chi connectivity index (χ2v) is 6.17. The van der Waals surface area contributed by atoms with E-state index in [1.807, 2.05) is 24.4 Å². The average molecular weight is 367 g/mol. The summed E-state index contributed by atoms with van der Waals surface area (Å²) in [5.74, 6) is -1.28. The number of nitrogens with zero attached hydrogens (tertiary/aromatic N) is 1. The number of hydrogen-bond donors (Lipinski definition) is 2. The molecule has 25 heavy (non-hydrogen) atoms. The number of amides is 1. The maximum absolute atomic E-state index is 13.3. The van der Waals surface area contributed by atoms with Crippen LogP contribution in [-0.2, 0) is 4.79 Å². The van der Waals surface area contributed by atoms with Gasteiger partial charge in [0.15, 0.2) is 6.04 Å². The number of nitro groups is 1. The first kappa shape index (κ1) is 18.8. The molecule has 2 rings (SSSR count). The van der Waals surface area contributed by atoms with Crippen LogP contribution in [0.25, 0.3) is 0 Å². The largest absolute Gasteiger partial charge is 0.330 e. The van der Waals surface area contributed by atoms with E-state index < -0.39 is 22.5 Å². The molecule has 0 aromatic heterocycles. The van der Waals surface area contributed by atoms with Gasteiger partial charge < -0.3 is 10.6 Å². The van der Waals surface area contributed by atoms with Crippen molar-refractivity contribution in [2.45, 2.75) is 25.9 Å². The van der Waals surface area contributed by atoms with Gasteiger partial charge in [0.2, 0.25) is 5.82 Å². The van der Waals surface area contributed by atoms with Crippen molar-refractivity contribution in [1.82, 2.24) is 0 Å². The third-order valence-electron chi connectivity index (χ3n) is 3.80. The zero-order valence-corrected chi connectivity index (χ0v) is 14.5. The van der Waals surface area contributed by atoms with Crippen LogP contribution >= 0.6 is 11.6 Å². The molecule has 2 aromatic rings. The monoisotopic (exact) mass is 366 g/mol. The summed E-state index contributed by atoms with van der Waals surface area (Å²) in [5, 5.41) is 15.8. The topological polar surface area (TPSA) is 88.8 Å². The molecule has 8 heteroatoms. The van der Waals surface area contributed by atoms with Crippen LogP contribution in [0, 0.1) is 15.9 Å². The predicted molar refractivity (Wildman–Crippen MR) is 92.9 cm³/mol. The fourth-order valence-electron chi connectivity index (χ4n) is 2.38. The van der Waals surface area contributed by atoms with Gasteiger partial charge in [0, 0.05) is 22.3 Å². The lowest BCUT2D eigenvalue weighted by Gasteiger charge is -2.17. The van der Waals surface area contributed by atoms with Crippen molar-refractivity contribution in [2.75, 3.05) is 5.32 Å². The molecule has 132 valence electrons. The van der Waals surface area contributed by atoms with E-state index in [4.69, 9.17) is 11.6 Å². The number of quaternary nitrogens is 1. The highest BCUT2D eigenvalue weighted by Gasteiger charge is 2.22. The minimum atomic E-state index is -0.945. The van der Waals surface area contributed by atoms with Gasteiger partial charge in [0.05, 0.1) is 4.92 Å². The summed E-state index contributed by atoms with van der Waals surface area (Å²) >= 11 is 5.86. The molecule has 0 saturated carbocycles. The molecule has 0 saturated heterocycles. The molecule has 0 aliphatic rings. The predicted octanol–water partition coefficient (Wildman–Crippen LogP) is 3.04. The van der Waals surface area contributed by atoms with Crippen molar-refractivity contribution in [1.29, 1.82) is 0 Å². The summed E-state index contributed by atoms with van der Waals surface area (Å²) < 4.78 is 13.3. The van der Waals surface area contributed by atoms with Crippen LogP contribution in [0.15, 0.2) is 42.5 Å². The van der Waals surface area contributed by atoms with Gasteiger partial charge in [0.1, 0.15) is 6.04 Å². The maximum Gasteiger partial charge on any atom is 0.306 e. The first-order valence-corrected chi connectivity index (χ1v) is 8.01. The minimum absolute atomic E-state index is 0.0144. The maximum atomic E-state index is 13.3. The van der Waals surface area contributed by atoms with E-state index in [0.717, 1.165) is 17.7 Å². The van der Waals surface area contributed by atoms with Gasteiger partial charge in [0.25, 0.3) is 5.91 Å². The molecule has 0 spiro atoms. The highest BCUT2D eigenvalue weighted by Crippen LogP contribution is 2.21. The quantitative estimate of drug-likeness (QED) is 0.608. The van der Waals surface area contributed by atoms with Gasteiger partial charge in [-0.25, -0.2) is 0 Å². The fourth-order valence-corrected chi connectivity index (χ4v) is 2.51. The zero-order valence-electron chi connectivity index (χ0n) is 13.7. The molecule has 0 radical (unpaired) electrons. The molecule has 0 bridgehead atoms. The summed E-state index contributed by atoms with van der Waals surface area (Å²) in [6, 6.07) is 10.1. The van der Waals surface area contributed by atoms with Crippen molar-refractivity contribution in [3.63, 3.8) is 0 Å². The molecular weight excluding hydrogens is 349 g/mol. The number of nitrogens with two attached hydrogens (primary N) is 1. The smallest absolute Gasteiger partial charge is 0.306 e. The zero-order chi connectivity index (χ0) is 18.6. The highest BCUT2D eigenvalue weighted by molar-refractivity contribution is 6.30. The van der Waals surface area contributed by atoms with Crippen LogP contribution in [0.4, 0.5) is 15.8 Å². The molecule has 2 aromatic carbocycles. The number of nitrogens with one attached hydrogen (secondary N) is 1. The minimum Gasteiger partial charge on any atom is -0.330 e. The summed E-state index contributed by atoms with van der Waals surface area (Å²) in [5.41, 5.74) is 0.517. The Kier molecular flexibility index (Phi) is 6.06. The second kappa shape index (κ2) is 8.04. The van der Waals surface area contributed by atoms with Crippen molar-refractivity contribution in [3.05, 3.63) is 69.0 Å². The molecule has 6 nitrogen and oxygen atoms in total. The molecular formula is C17H18ClFN3O3+. The van der Waals surface area contributed by atoms with Crippen LogP contribution in [0.2, 0.25) is 5.02 Å². The first-order valence-electron chi connectivity index (χ1n) is 7.63. The molecule has 0 fully saturated rings. The number of rotatable bonds is 6. The number of nitro benzene ring substituents is 1. The summed E-state index contributed by atoms with van der Waals surface area (Å²) in [7, 11) is 0. The number of halogens is 2. The van der Waals surface area contributed by atoms with Gasteiger partial charge in [-0.2, -0.15) is 4.39 Å². The third-order valence-corrected chi connectivity index (χ3v) is 4.05. The van der Waals surface area contributed by atoms with Crippen molar-refractivity contribution < 1.29 is 19.4 Å². The molecule has 3 N–H and O–H groups in total. The average Bonchev–Trinajstić information content (AvgIpc) is 2.56. The van der Waals surface area contributed by atoms with Crippen molar-refractivity contribution in [2.24, 2.45) is 0 Å². The number of carbonyl (C=O) groups excluding carboxylic acids is 1. The van der Waals surface area contributed by atoms with Crippen molar-refractivity contribution >= 4 is 28.9 Å². The summed E-state index contributed by atoms with van der Waals surface area (Å²) in [6.45, 7) is 3.68. The SMILES string of the molecule is C[C@H]([NH2+][C@H](C)c1ccc(Cl)cc1)C(=O)Nc1ccc(F)c([N+](=O)[O-])c1. The lowest BCUT2D eigenvalue weighted by molar-refractivity contribution is -0.709. The van der Waals surface area contributed by atoms with Crippen LogP contribution < -0.4 is 10.6 Å². The first-order chi connectivity index (χ1) is 11.8. The number of hydrogen-bond acceptors (Lipinski definition) is 3. The van der Waals surface area contributed by atoms with Gasteiger partial charge in [-0.1, -0.05) is 23.7 Å². The fraction of sp³-hybridized carbons (Fsp3) is 0.235. The lowest BCUT2D eigenvalue weighted by atomic mass is 10.1. The molecule has 0 aliphatic heterocycles. The van der Waals surface area contributed by atoms with Crippen LogP contribution in [0.5, 0.6) is 0 Å². The second-order valence-electron chi connectivity index (χ2n) is 5.73. The molecule has 1 amide bonds. The lowest BCUT2D eigenvalue weighted by Crippen LogP contribution is -2.91. The molecule has 0 heterocycles. The molecule has 0 aliphatic carbocycles. The van der Waals surface area contributed by atoms with Gasteiger partial charge in [-0.15, -0.1) is 0 Å². The van der Waals surface area contributed by atoms with Crippen molar-refractivity contribution in [3.8, 4) is 0 Å². The van der Waals surface area contributed by atoms with Crippen LogP contribution in [0.3, 0.4) is 0 Å². The standard InChI is InChI=1S/C17H17ClFN3O3/c1-10(12-3-5-13(18)6-4-12)20-11(2)17(23)21-14-7-8-15(19)16(9-14)22(24)25/h3-11,20H,1-2H3,(H,21,23)/p+1/t10-,11+/m1/s1. The Morgan fingerprint density at radius 2 is 1.88 bits per heavy atom. The van der Waals surface area contributed by atoms with Crippen LogP contribution in [0.1, 0.15) is 25.5 Å². The Morgan fingerprint density at radius 1 is 1.24 bits per heavy atom. The third kappa shape index (κ3) is 4.98. The van der Waals surface area contributed by atoms with E-state index in [-0.39, 0.29) is 17.6 Å². The van der Waals surface area contributed by atoms with E-state index in [0.29, 0.717) is 5.02 Å². The number of carbonyl (C=O) groups is 1.